The number of hydrogen-bond donors (Lipinski definition) is 2. The van der Waals surface area contributed by atoms with Crippen LogP contribution in [0.4, 0.5) is 5.69 Å². The van der Waals surface area contributed by atoms with Gasteiger partial charge in [0.1, 0.15) is 12.4 Å². The number of ether oxygens (including phenoxy) is 2. The molecule has 0 saturated heterocycles. The molecule has 1 aromatic heterocycles. The number of methoxy groups -OCH3 is 1. The van der Waals surface area contributed by atoms with E-state index < -0.39 is 0 Å². The summed E-state index contributed by atoms with van der Waals surface area (Å²) in [6, 6.07) is 15.2. The second kappa shape index (κ2) is 16.4. The number of anilines is 1. The number of thiazole rings is 1. The van der Waals surface area contributed by atoms with Gasteiger partial charge in [-0.25, -0.2) is 4.98 Å². The van der Waals surface area contributed by atoms with Gasteiger partial charge in [0, 0.05) is 49.5 Å². The quantitative estimate of drug-likeness (QED) is 0.173. The third-order valence-electron chi connectivity index (χ3n) is 10.5. The Balaban J connectivity index is 1.12. The molecule has 6 rings (SSSR count). The summed E-state index contributed by atoms with van der Waals surface area (Å²) in [5.74, 6) is 2.56. The Morgan fingerprint density at radius 2 is 1.75 bits per heavy atom. The molecule has 3 aliphatic rings. The lowest BCUT2D eigenvalue weighted by Gasteiger charge is -2.36. The first-order valence-corrected chi connectivity index (χ1v) is 18.7. The molecule has 3 aromatic rings. The first-order chi connectivity index (χ1) is 23.4. The van der Waals surface area contributed by atoms with Crippen molar-refractivity contribution >= 4 is 28.8 Å². The van der Waals surface area contributed by atoms with Crippen LogP contribution in [0.1, 0.15) is 98.6 Å². The Hall–Kier alpha value is -3.27. The number of carbonyl (C=O) groups excluding carboxylic acids is 2. The molecule has 48 heavy (non-hydrogen) atoms. The molecule has 0 spiro atoms. The van der Waals surface area contributed by atoms with Crippen molar-refractivity contribution in [2.45, 2.75) is 95.4 Å². The minimum absolute atomic E-state index is 0.00516. The van der Waals surface area contributed by atoms with Gasteiger partial charge >= 0.3 is 0 Å². The van der Waals surface area contributed by atoms with Crippen LogP contribution in [-0.2, 0) is 14.3 Å². The van der Waals surface area contributed by atoms with Crippen molar-refractivity contribution in [3.8, 4) is 16.2 Å². The van der Waals surface area contributed by atoms with Crippen molar-refractivity contribution in [3.63, 3.8) is 0 Å². The van der Waals surface area contributed by atoms with Crippen molar-refractivity contribution in [1.29, 1.82) is 0 Å². The van der Waals surface area contributed by atoms with Gasteiger partial charge in [0.15, 0.2) is 0 Å². The second-order valence-corrected chi connectivity index (χ2v) is 15.1. The molecular formula is C39H51N3O5S. The number of benzene rings is 2. The number of aromatic nitrogens is 1. The Morgan fingerprint density at radius 3 is 2.46 bits per heavy atom. The Labute approximate surface area is 289 Å². The highest BCUT2D eigenvalue weighted by atomic mass is 32.1. The van der Waals surface area contributed by atoms with Crippen LogP contribution in [0.3, 0.4) is 0 Å². The lowest BCUT2D eigenvalue weighted by atomic mass is 9.78. The van der Waals surface area contributed by atoms with E-state index in [1.807, 2.05) is 6.20 Å². The van der Waals surface area contributed by atoms with Crippen LogP contribution in [0.2, 0.25) is 0 Å². The highest BCUT2D eigenvalue weighted by Gasteiger charge is 2.33. The van der Waals surface area contributed by atoms with Crippen molar-refractivity contribution in [3.05, 3.63) is 64.8 Å². The summed E-state index contributed by atoms with van der Waals surface area (Å²) in [4.78, 5) is 34.8. The van der Waals surface area contributed by atoms with Crippen molar-refractivity contribution < 1.29 is 24.2 Å². The molecule has 3 aliphatic carbocycles. The molecule has 0 bridgehead atoms. The molecule has 2 amide bonds. The topological polar surface area (TPSA) is 101 Å². The molecule has 0 aliphatic heterocycles. The molecule has 2 N–H and O–H groups in total. The minimum atomic E-state index is -0.130. The highest BCUT2D eigenvalue weighted by Crippen LogP contribution is 2.44. The molecule has 1 heterocycles. The zero-order valence-corrected chi connectivity index (χ0v) is 29.3. The van der Waals surface area contributed by atoms with E-state index in [9.17, 15) is 9.59 Å². The maximum absolute atomic E-state index is 14.4. The van der Waals surface area contributed by atoms with Gasteiger partial charge in [0.05, 0.1) is 17.0 Å². The number of hydrogen-bond acceptors (Lipinski definition) is 7. The molecule has 9 heteroatoms. The van der Waals surface area contributed by atoms with E-state index in [0.717, 1.165) is 79.8 Å². The van der Waals surface area contributed by atoms with Crippen LogP contribution in [0.25, 0.3) is 10.4 Å². The summed E-state index contributed by atoms with van der Waals surface area (Å²) in [5, 5.41) is 13.2. The number of rotatable bonds is 14. The summed E-state index contributed by atoms with van der Waals surface area (Å²) in [5.41, 5.74) is 4.67. The molecule has 3 saturated carbocycles. The number of aliphatic hydroxyl groups excluding tert-OH is 1. The number of carbonyl (C=O) groups is 2. The first-order valence-electron chi connectivity index (χ1n) is 17.9. The lowest BCUT2D eigenvalue weighted by molar-refractivity contribution is -0.127. The third kappa shape index (κ3) is 8.84. The molecule has 3 fully saturated rings. The van der Waals surface area contributed by atoms with Gasteiger partial charge < -0.3 is 24.8 Å². The lowest BCUT2D eigenvalue weighted by Crippen LogP contribution is -2.44. The number of amides is 2. The zero-order valence-electron chi connectivity index (χ0n) is 28.5. The zero-order chi connectivity index (χ0) is 33.5. The van der Waals surface area contributed by atoms with Crippen LogP contribution < -0.4 is 15.0 Å². The van der Waals surface area contributed by atoms with Crippen LogP contribution in [-0.4, -0.2) is 61.4 Å². The van der Waals surface area contributed by atoms with Gasteiger partial charge in [-0.1, -0.05) is 24.3 Å². The van der Waals surface area contributed by atoms with Crippen molar-refractivity contribution in [1.82, 2.24) is 10.3 Å². The van der Waals surface area contributed by atoms with Crippen LogP contribution >= 0.6 is 11.3 Å². The van der Waals surface area contributed by atoms with E-state index in [4.69, 9.17) is 19.6 Å². The smallest absolute Gasteiger partial charge is 0.246 e. The largest absolute Gasteiger partial charge is 0.496 e. The fourth-order valence-corrected chi connectivity index (χ4v) is 8.57. The molecule has 8 nitrogen and oxygen atoms in total. The van der Waals surface area contributed by atoms with Gasteiger partial charge in [-0.3, -0.25) is 9.59 Å². The van der Waals surface area contributed by atoms with Crippen LogP contribution in [0.5, 0.6) is 5.75 Å². The van der Waals surface area contributed by atoms with Crippen molar-refractivity contribution in [2.75, 3.05) is 38.4 Å². The van der Waals surface area contributed by atoms with Gasteiger partial charge in [0.2, 0.25) is 11.8 Å². The van der Waals surface area contributed by atoms with E-state index in [-0.39, 0.29) is 37.0 Å². The van der Waals surface area contributed by atoms with Gasteiger partial charge in [-0.15, -0.1) is 11.3 Å². The number of aryl methyl sites for hydroxylation is 1. The second-order valence-electron chi connectivity index (χ2n) is 14.0. The van der Waals surface area contributed by atoms with E-state index in [0.29, 0.717) is 30.8 Å². The van der Waals surface area contributed by atoms with E-state index >= 15 is 0 Å². The van der Waals surface area contributed by atoms with E-state index in [1.165, 1.54) is 29.0 Å². The summed E-state index contributed by atoms with van der Waals surface area (Å²) >= 11 is 1.79. The predicted octanol–water partition coefficient (Wildman–Crippen LogP) is 7.39. The highest BCUT2D eigenvalue weighted by molar-refractivity contribution is 7.15. The fourth-order valence-electron chi connectivity index (χ4n) is 7.49. The Morgan fingerprint density at radius 1 is 0.979 bits per heavy atom. The Bertz CT molecular complexity index is 1520. The van der Waals surface area contributed by atoms with Crippen LogP contribution in [0.15, 0.2) is 48.7 Å². The van der Waals surface area contributed by atoms with Crippen LogP contribution in [0, 0.1) is 18.8 Å². The van der Waals surface area contributed by atoms with E-state index in [2.05, 4.69) is 59.6 Å². The van der Waals surface area contributed by atoms with Crippen molar-refractivity contribution in [2.24, 2.45) is 11.8 Å². The minimum Gasteiger partial charge on any atom is -0.496 e. The monoisotopic (exact) mass is 673 g/mol. The number of aliphatic hydroxyl groups is 1. The summed E-state index contributed by atoms with van der Waals surface area (Å²) < 4.78 is 10.8. The maximum Gasteiger partial charge on any atom is 0.246 e. The molecule has 258 valence electrons. The molecule has 0 radical (unpaired) electrons. The number of nitrogens with zero attached hydrogens (tertiary/aromatic N) is 2. The molecule has 0 atom stereocenters. The standard InChI is InChI=1S/C39H51N3O5S/c1-26-21-31(15-18-35(26)46-2)28-9-7-27(8-10-28)24-42(34-6-3-5-32(22-34)36-23-40-38(48-36)29-11-12-29)39(45)30-13-16-33(17-14-30)41-37(44)25-47-20-4-19-43/h3,5-6,15,18,21-23,27-30,33,43H,4,7-14,16-17,19-20,24-25H2,1-2H3,(H,41,44)/t27-,28-,30-,33-. The number of nitrogens with one attached hydrogen (secondary N) is 1. The SMILES string of the molecule is COc1ccc([C@H]2CC[C@H](CN(c3cccc(-c4cnc(C5CC5)s4)c3)C(=O)[C@H]3CC[C@H](NC(=O)COCCCO)CC3)CC2)cc1C. The average Bonchev–Trinajstić information content (AvgIpc) is 3.85. The summed E-state index contributed by atoms with van der Waals surface area (Å²) in [6.45, 7) is 3.27. The molecule has 0 unspecified atom stereocenters. The average molecular weight is 674 g/mol. The maximum atomic E-state index is 14.4. The first kappa shape index (κ1) is 34.6. The van der Waals surface area contributed by atoms with Gasteiger partial charge in [-0.05, 0) is 124 Å². The van der Waals surface area contributed by atoms with Gasteiger partial charge in [-0.2, -0.15) is 0 Å². The fraction of sp³-hybridized carbons (Fsp3) is 0.564. The molecular weight excluding hydrogens is 623 g/mol. The summed E-state index contributed by atoms with van der Waals surface area (Å²) in [7, 11) is 1.72. The third-order valence-corrected chi connectivity index (χ3v) is 11.7. The summed E-state index contributed by atoms with van der Waals surface area (Å²) in [6.07, 6.45) is 12.5. The normalized spacial score (nSPS) is 22.6. The predicted molar refractivity (Wildman–Crippen MR) is 191 cm³/mol. The molecule has 2 aromatic carbocycles. The van der Waals surface area contributed by atoms with E-state index in [1.54, 1.807) is 18.4 Å². The Kier molecular flexibility index (Phi) is 11.8. The van der Waals surface area contributed by atoms with Gasteiger partial charge in [0.25, 0.3) is 0 Å².